The SMILES string of the molecule is CCCCC(=O)N1CCN(CCCCCO)CC1. The second-order valence-corrected chi connectivity index (χ2v) is 5.11. The van der Waals surface area contributed by atoms with Crippen molar-refractivity contribution in [3.63, 3.8) is 0 Å². The van der Waals surface area contributed by atoms with Crippen LogP contribution in [0.3, 0.4) is 0 Å². The molecule has 0 unspecified atom stereocenters. The predicted octanol–water partition coefficient (Wildman–Crippen LogP) is 1.48. The zero-order chi connectivity index (χ0) is 13.2. The van der Waals surface area contributed by atoms with Gasteiger partial charge in [0.05, 0.1) is 0 Å². The molecule has 0 aromatic rings. The predicted molar refractivity (Wildman–Crippen MR) is 73.5 cm³/mol. The van der Waals surface area contributed by atoms with Crippen LogP contribution in [0.15, 0.2) is 0 Å². The molecule has 0 saturated carbocycles. The van der Waals surface area contributed by atoms with Gasteiger partial charge < -0.3 is 10.0 Å². The number of amides is 1. The molecule has 0 radical (unpaired) electrons. The lowest BCUT2D eigenvalue weighted by Gasteiger charge is -2.34. The monoisotopic (exact) mass is 256 g/mol. The average Bonchev–Trinajstić information content (AvgIpc) is 2.41. The number of rotatable bonds is 8. The van der Waals surface area contributed by atoms with Crippen molar-refractivity contribution >= 4 is 5.91 Å². The van der Waals surface area contributed by atoms with Gasteiger partial charge in [-0.2, -0.15) is 0 Å². The number of nitrogens with zero attached hydrogens (tertiary/aromatic N) is 2. The van der Waals surface area contributed by atoms with Crippen LogP contribution in [0.5, 0.6) is 0 Å². The summed E-state index contributed by atoms with van der Waals surface area (Å²) in [5.41, 5.74) is 0. The van der Waals surface area contributed by atoms with E-state index in [4.69, 9.17) is 5.11 Å². The molecule has 4 nitrogen and oxygen atoms in total. The lowest BCUT2D eigenvalue weighted by molar-refractivity contribution is -0.133. The first-order valence-electron chi connectivity index (χ1n) is 7.39. The summed E-state index contributed by atoms with van der Waals surface area (Å²) < 4.78 is 0. The van der Waals surface area contributed by atoms with Crippen molar-refractivity contribution in [1.82, 2.24) is 9.80 Å². The standard InChI is InChI=1S/C14H28N2O2/c1-2-3-7-14(18)16-11-9-15(10-12-16)8-5-4-6-13-17/h17H,2-13H2,1H3. The Morgan fingerprint density at radius 1 is 1.06 bits per heavy atom. The number of aliphatic hydroxyl groups excluding tert-OH is 1. The van der Waals surface area contributed by atoms with Crippen molar-refractivity contribution in [2.24, 2.45) is 0 Å². The molecule has 1 fully saturated rings. The summed E-state index contributed by atoms with van der Waals surface area (Å²) in [6, 6.07) is 0. The summed E-state index contributed by atoms with van der Waals surface area (Å²) in [4.78, 5) is 16.3. The number of carbonyl (C=O) groups excluding carboxylic acids is 1. The zero-order valence-corrected chi connectivity index (χ0v) is 11.7. The van der Waals surface area contributed by atoms with Crippen LogP contribution in [-0.4, -0.2) is 60.1 Å². The van der Waals surface area contributed by atoms with Gasteiger partial charge in [-0.05, 0) is 32.2 Å². The van der Waals surface area contributed by atoms with Gasteiger partial charge in [0.2, 0.25) is 5.91 Å². The number of hydrogen-bond acceptors (Lipinski definition) is 3. The van der Waals surface area contributed by atoms with Gasteiger partial charge in [-0.1, -0.05) is 13.3 Å². The van der Waals surface area contributed by atoms with Gasteiger partial charge in [0, 0.05) is 39.2 Å². The minimum Gasteiger partial charge on any atom is -0.396 e. The number of piperazine rings is 1. The highest BCUT2D eigenvalue weighted by atomic mass is 16.2. The van der Waals surface area contributed by atoms with E-state index < -0.39 is 0 Å². The zero-order valence-electron chi connectivity index (χ0n) is 11.7. The van der Waals surface area contributed by atoms with Crippen molar-refractivity contribution in [2.45, 2.75) is 45.4 Å². The van der Waals surface area contributed by atoms with Gasteiger partial charge in [0.25, 0.3) is 0 Å². The second-order valence-electron chi connectivity index (χ2n) is 5.11. The molecule has 0 spiro atoms. The Morgan fingerprint density at radius 3 is 2.39 bits per heavy atom. The van der Waals surface area contributed by atoms with Crippen LogP contribution in [0, 0.1) is 0 Å². The maximum atomic E-state index is 11.8. The van der Waals surface area contributed by atoms with Gasteiger partial charge in [-0.3, -0.25) is 9.69 Å². The van der Waals surface area contributed by atoms with E-state index in [0.717, 1.165) is 64.8 Å². The van der Waals surface area contributed by atoms with Gasteiger partial charge in [-0.15, -0.1) is 0 Å². The van der Waals surface area contributed by atoms with E-state index in [1.165, 1.54) is 0 Å². The molecule has 1 N–H and O–H groups in total. The summed E-state index contributed by atoms with van der Waals surface area (Å²) in [6.45, 7) is 7.34. The maximum absolute atomic E-state index is 11.8. The van der Waals surface area contributed by atoms with Crippen LogP contribution in [0.25, 0.3) is 0 Å². The van der Waals surface area contributed by atoms with Crippen LogP contribution in [0.2, 0.25) is 0 Å². The van der Waals surface area contributed by atoms with Gasteiger partial charge in [0.15, 0.2) is 0 Å². The van der Waals surface area contributed by atoms with Crippen molar-refractivity contribution in [3.8, 4) is 0 Å². The van der Waals surface area contributed by atoms with Crippen molar-refractivity contribution in [1.29, 1.82) is 0 Å². The quantitative estimate of drug-likeness (QED) is 0.669. The molecule has 1 aliphatic heterocycles. The third kappa shape index (κ3) is 5.83. The molecule has 1 rings (SSSR count). The lowest BCUT2D eigenvalue weighted by Crippen LogP contribution is -2.48. The van der Waals surface area contributed by atoms with Crippen molar-refractivity contribution < 1.29 is 9.90 Å². The highest BCUT2D eigenvalue weighted by Crippen LogP contribution is 2.07. The van der Waals surface area contributed by atoms with Crippen LogP contribution >= 0.6 is 0 Å². The first-order valence-corrected chi connectivity index (χ1v) is 7.39. The Hall–Kier alpha value is -0.610. The molecule has 106 valence electrons. The Morgan fingerprint density at radius 2 is 1.78 bits per heavy atom. The molecular formula is C14H28N2O2. The van der Waals surface area contributed by atoms with Crippen LogP contribution < -0.4 is 0 Å². The fourth-order valence-corrected chi connectivity index (χ4v) is 2.33. The normalized spacial score (nSPS) is 17.1. The molecule has 0 aromatic carbocycles. The Balaban J connectivity index is 2.10. The highest BCUT2D eigenvalue weighted by molar-refractivity contribution is 5.76. The smallest absolute Gasteiger partial charge is 0.222 e. The summed E-state index contributed by atoms with van der Waals surface area (Å²) in [5.74, 6) is 0.330. The Bertz CT molecular complexity index is 226. The number of aliphatic hydroxyl groups is 1. The molecule has 4 heteroatoms. The van der Waals surface area contributed by atoms with Crippen LogP contribution in [0.1, 0.15) is 45.4 Å². The van der Waals surface area contributed by atoms with E-state index in [-0.39, 0.29) is 0 Å². The van der Waals surface area contributed by atoms with Gasteiger partial charge in [-0.25, -0.2) is 0 Å². The summed E-state index contributed by atoms with van der Waals surface area (Å²) in [6.07, 6.45) is 6.00. The van der Waals surface area contributed by atoms with Crippen molar-refractivity contribution in [2.75, 3.05) is 39.3 Å². The fraction of sp³-hybridized carbons (Fsp3) is 0.929. The lowest BCUT2D eigenvalue weighted by atomic mass is 10.2. The third-order valence-corrected chi connectivity index (χ3v) is 3.60. The Kier molecular flexibility index (Phi) is 8.01. The summed E-state index contributed by atoms with van der Waals surface area (Å²) >= 11 is 0. The molecule has 1 amide bonds. The van der Waals surface area contributed by atoms with E-state index in [9.17, 15) is 4.79 Å². The van der Waals surface area contributed by atoms with Gasteiger partial charge >= 0.3 is 0 Å². The van der Waals surface area contributed by atoms with E-state index in [0.29, 0.717) is 18.9 Å². The van der Waals surface area contributed by atoms with Crippen LogP contribution in [-0.2, 0) is 4.79 Å². The molecule has 1 aliphatic rings. The molecule has 0 bridgehead atoms. The number of carbonyl (C=O) groups is 1. The molecule has 0 aromatic heterocycles. The van der Waals surface area contributed by atoms with Crippen molar-refractivity contribution in [3.05, 3.63) is 0 Å². The van der Waals surface area contributed by atoms with E-state index in [1.807, 2.05) is 4.90 Å². The van der Waals surface area contributed by atoms with E-state index in [1.54, 1.807) is 0 Å². The van der Waals surface area contributed by atoms with Crippen LogP contribution in [0.4, 0.5) is 0 Å². The minimum absolute atomic E-state index is 0.305. The fourth-order valence-electron chi connectivity index (χ4n) is 2.33. The summed E-state index contributed by atoms with van der Waals surface area (Å²) in [5, 5.41) is 8.71. The largest absolute Gasteiger partial charge is 0.396 e. The third-order valence-electron chi connectivity index (χ3n) is 3.60. The molecule has 0 atom stereocenters. The number of hydrogen-bond donors (Lipinski definition) is 1. The molecular weight excluding hydrogens is 228 g/mol. The van der Waals surface area contributed by atoms with E-state index in [2.05, 4.69) is 11.8 Å². The summed E-state index contributed by atoms with van der Waals surface area (Å²) in [7, 11) is 0. The molecule has 0 aliphatic carbocycles. The first-order chi connectivity index (χ1) is 8.77. The average molecular weight is 256 g/mol. The first kappa shape index (κ1) is 15.4. The highest BCUT2D eigenvalue weighted by Gasteiger charge is 2.19. The second kappa shape index (κ2) is 9.34. The van der Waals surface area contributed by atoms with E-state index >= 15 is 0 Å². The molecule has 1 heterocycles. The number of unbranched alkanes of at least 4 members (excludes halogenated alkanes) is 3. The maximum Gasteiger partial charge on any atom is 0.222 e. The Labute approximate surface area is 111 Å². The topological polar surface area (TPSA) is 43.8 Å². The molecule has 1 saturated heterocycles. The van der Waals surface area contributed by atoms with Gasteiger partial charge in [0.1, 0.15) is 0 Å². The molecule has 18 heavy (non-hydrogen) atoms. The minimum atomic E-state index is 0.305.